The Kier molecular flexibility index (Phi) is 5.07. The van der Waals surface area contributed by atoms with Gasteiger partial charge in [0.1, 0.15) is 11.5 Å². The van der Waals surface area contributed by atoms with Gasteiger partial charge < -0.3 is 4.74 Å². The Labute approximate surface area is 230 Å². The topological polar surface area (TPSA) is 52.8 Å². The van der Waals surface area contributed by atoms with Crippen LogP contribution in [-0.4, -0.2) is 19.5 Å². The van der Waals surface area contributed by atoms with Crippen molar-refractivity contribution in [1.29, 1.82) is 0 Å². The van der Waals surface area contributed by atoms with E-state index in [-0.39, 0.29) is 0 Å². The van der Waals surface area contributed by atoms with Crippen molar-refractivity contribution in [1.82, 2.24) is 19.5 Å². The summed E-state index contributed by atoms with van der Waals surface area (Å²) in [5.74, 6) is 3.42. The van der Waals surface area contributed by atoms with Gasteiger partial charge in [0.05, 0.1) is 11.0 Å². The second kappa shape index (κ2) is 9.03. The van der Waals surface area contributed by atoms with Crippen LogP contribution in [0.2, 0.25) is 0 Å². The molecule has 0 amide bonds. The molecule has 0 unspecified atom stereocenters. The second-order valence-electron chi connectivity index (χ2n) is 9.71. The first-order valence-corrected chi connectivity index (χ1v) is 13.2. The lowest BCUT2D eigenvalue weighted by atomic mass is 10.1. The van der Waals surface area contributed by atoms with E-state index in [1.807, 2.05) is 78.9 Å². The van der Waals surface area contributed by atoms with E-state index >= 15 is 0 Å². The van der Waals surface area contributed by atoms with E-state index in [9.17, 15) is 0 Å². The Hall–Kier alpha value is -5.55. The molecule has 1 aliphatic heterocycles. The van der Waals surface area contributed by atoms with E-state index in [0.29, 0.717) is 17.6 Å². The molecule has 2 aromatic heterocycles. The molecule has 3 heterocycles. The first kappa shape index (κ1) is 22.4. The number of benzene rings is 5. The van der Waals surface area contributed by atoms with Gasteiger partial charge in [-0.2, -0.15) is 9.97 Å². The molecule has 5 aromatic carbocycles. The monoisotopic (exact) mass is 514 g/mol. The van der Waals surface area contributed by atoms with Gasteiger partial charge >= 0.3 is 0 Å². The number of rotatable bonds is 3. The smallest absolute Gasteiger partial charge is 0.238 e. The Morgan fingerprint density at radius 2 is 1.15 bits per heavy atom. The van der Waals surface area contributed by atoms with Crippen molar-refractivity contribution in [2.75, 3.05) is 0 Å². The molecular weight excluding hydrogens is 492 g/mol. The maximum absolute atomic E-state index is 6.45. The van der Waals surface area contributed by atoms with E-state index in [4.69, 9.17) is 19.7 Å². The summed E-state index contributed by atoms with van der Waals surface area (Å²) < 4.78 is 8.60. The minimum Gasteiger partial charge on any atom is -0.456 e. The Morgan fingerprint density at radius 3 is 1.90 bits per heavy atom. The first-order chi connectivity index (χ1) is 19.8. The summed E-state index contributed by atoms with van der Waals surface area (Å²) in [5.41, 5.74) is 5.89. The maximum Gasteiger partial charge on any atom is 0.238 e. The highest BCUT2D eigenvalue weighted by Crippen LogP contribution is 2.42. The molecule has 5 heteroatoms. The zero-order valence-electron chi connectivity index (χ0n) is 21.4. The van der Waals surface area contributed by atoms with Crippen molar-refractivity contribution in [2.45, 2.75) is 0 Å². The fourth-order valence-corrected chi connectivity index (χ4v) is 5.42. The fraction of sp³-hybridized carbons (Fsp3) is 0. The number of hydrogen-bond donors (Lipinski definition) is 0. The van der Waals surface area contributed by atoms with Gasteiger partial charge in [-0.15, -0.1) is 0 Å². The van der Waals surface area contributed by atoms with Crippen molar-refractivity contribution in [3.05, 3.63) is 132 Å². The molecule has 0 bridgehead atoms. The predicted octanol–water partition coefficient (Wildman–Crippen LogP) is 8.58. The number of hydrogen-bond acceptors (Lipinski definition) is 4. The highest BCUT2D eigenvalue weighted by atomic mass is 16.5. The van der Waals surface area contributed by atoms with Crippen molar-refractivity contribution in [3.8, 4) is 40.2 Å². The molecule has 7 aromatic rings. The van der Waals surface area contributed by atoms with Gasteiger partial charge in [-0.25, -0.2) is 4.98 Å². The summed E-state index contributed by atoms with van der Waals surface area (Å²) in [4.78, 5) is 15.0. The van der Waals surface area contributed by atoms with Gasteiger partial charge in [0.15, 0.2) is 11.6 Å². The number of para-hydroxylation sites is 2. The number of fused-ring (bicyclic) bond motifs is 6. The summed E-state index contributed by atoms with van der Waals surface area (Å²) in [6, 6.07) is 40.8. The summed E-state index contributed by atoms with van der Waals surface area (Å²) in [7, 11) is 0. The summed E-state index contributed by atoms with van der Waals surface area (Å²) in [6.07, 6.45) is 4.25. The SMILES string of the molecule is C1=Cc2c(ccc3c4ccccc4n(-c4nc(-c5ccccc5)nc(-c5ccccc5)n4)c23)Oc2ccccc21. The predicted molar refractivity (Wildman–Crippen MR) is 160 cm³/mol. The third-order valence-electron chi connectivity index (χ3n) is 7.29. The molecule has 188 valence electrons. The van der Waals surface area contributed by atoms with E-state index in [1.54, 1.807) is 0 Å². The minimum absolute atomic E-state index is 0.558. The van der Waals surface area contributed by atoms with Gasteiger partial charge in [-0.05, 0) is 30.3 Å². The summed E-state index contributed by atoms with van der Waals surface area (Å²) >= 11 is 0. The van der Waals surface area contributed by atoms with Crippen LogP contribution in [0.25, 0.3) is 62.7 Å². The molecule has 1 aliphatic rings. The van der Waals surface area contributed by atoms with Gasteiger partial charge in [-0.3, -0.25) is 4.57 Å². The van der Waals surface area contributed by atoms with Gasteiger partial charge in [0.2, 0.25) is 5.95 Å². The van der Waals surface area contributed by atoms with Crippen LogP contribution in [0.15, 0.2) is 121 Å². The summed E-state index contributed by atoms with van der Waals surface area (Å²) in [5, 5.41) is 2.23. The quantitative estimate of drug-likeness (QED) is 0.237. The highest BCUT2D eigenvalue weighted by molar-refractivity contribution is 6.12. The van der Waals surface area contributed by atoms with Crippen LogP contribution in [0.5, 0.6) is 11.5 Å². The molecule has 0 spiro atoms. The average Bonchev–Trinajstić information content (AvgIpc) is 3.24. The molecule has 0 atom stereocenters. The van der Waals surface area contributed by atoms with E-state index < -0.39 is 0 Å². The van der Waals surface area contributed by atoms with Crippen LogP contribution in [0.4, 0.5) is 0 Å². The molecule has 0 saturated heterocycles. The van der Waals surface area contributed by atoms with Crippen molar-refractivity contribution in [2.24, 2.45) is 0 Å². The molecule has 40 heavy (non-hydrogen) atoms. The third-order valence-corrected chi connectivity index (χ3v) is 7.29. The molecule has 8 rings (SSSR count). The lowest BCUT2D eigenvalue weighted by Crippen LogP contribution is -2.07. The van der Waals surface area contributed by atoms with Gasteiger partial charge in [0.25, 0.3) is 0 Å². The third kappa shape index (κ3) is 3.60. The molecule has 5 nitrogen and oxygen atoms in total. The maximum atomic E-state index is 6.45. The zero-order chi connectivity index (χ0) is 26.5. The van der Waals surface area contributed by atoms with Crippen LogP contribution >= 0.6 is 0 Å². The van der Waals surface area contributed by atoms with Crippen LogP contribution < -0.4 is 4.74 Å². The van der Waals surface area contributed by atoms with Crippen LogP contribution in [0.1, 0.15) is 11.1 Å². The van der Waals surface area contributed by atoms with Gasteiger partial charge in [0, 0.05) is 33.0 Å². The lowest BCUT2D eigenvalue weighted by molar-refractivity contribution is 0.482. The standard InChI is InChI=1S/C35H22N4O/c1-3-12-24(13-4-1)33-36-34(25-14-5-2-6-15-25)38-35(37-33)39-29-17-9-8-16-26(29)27-21-22-31-28(32(27)39)20-19-23-11-7-10-18-30(23)40-31/h1-22H. The number of ether oxygens (including phenoxy) is 1. The second-order valence-corrected chi connectivity index (χ2v) is 9.71. The van der Waals surface area contributed by atoms with Crippen molar-refractivity contribution in [3.63, 3.8) is 0 Å². The highest BCUT2D eigenvalue weighted by Gasteiger charge is 2.22. The summed E-state index contributed by atoms with van der Waals surface area (Å²) in [6.45, 7) is 0. The van der Waals surface area contributed by atoms with Crippen molar-refractivity contribution < 1.29 is 4.74 Å². The fourth-order valence-electron chi connectivity index (χ4n) is 5.42. The van der Waals surface area contributed by atoms with Crippen LogP contribution in [-0.2, 0) is 0 Å². The van der Waals surface area contributed by atoms with Crippen molar-refractivity contribution >= 4 is 34.0 Å². The van der Waals surface area contributed by atoms with E-state index in [2.05, 4.69) is 59.2 Å². The molecule has 0 fully saturated rings. The molecule has 0 N–H and O–H groups in total. The zero-order valence-corrected chi connectivity index (χ0v) is 21.4. The molecular formula is C35H22N4O. The first-order valence-electron chi connectivity index (χ1n) is 13.2. The largest absolute Gasteiger partial charge is 0.456 e. The van der Waals surface area contributed by atoms with Gasteiger partial charge in [-0.1, -0.05) is 103 Å². The number of nitrogens with zero attached hydrogens (tertiary/aromatic N) is 4. The van der Waals surface area contributed by atoms with E-state index in [1.165, 1.54) is 0 Å². The van der Waals surface area contributed by atoms with Crippen LogP contribution in [0, 0.1) is 0 Å². The molecule has 0 saturated carbocycles. The Balaban J connectivity index is 1.46. The Bertz CT molecular complexity index is 2020. The molecule has 0 radical (unpaired) electrons. The Morgan fingerprint density at radius 1 is 0.500 bits per heavy atom. The molecule has 0 aliphatic carbocycles. The van der Waals surface area contributed by atoms with Crippen LogP contribution in [0.3, 0.4) is 0 Å². The normalized spacial score (nSPS) is 12.1. The average molecular weight is 515 g/mol. The number of aromatic nitrogens is 4. The lowest BCUT2D eigenvalue weighted by Gasteiger charge is -2.13. The van der Waals surface area contributed by atoms with E-state index in [0.717, 1.165) is 55.6 Å². The minimum atomic E-state index is 0.558.